The Balaban J connectivity index is 2.52. The van der Waals surface area contributed by atoms with E-state index in [2.05, 4.69) is 0 Å². The minimum Gasteiger partial charge on any atom is -0.496 e. The second-order valence-corrected chi connectivity index (χ2v) is 4.40. The zero-order valence-corrected chi connectivity index (χ0v) is 11.6. The van der Waals surface area contributed by atoms with Gasteiger partial charge in [-0.15, -0.1) is 0 Å². The third kappa shape index (κ3) is 2.59. The molecule has 0 aromatic heterocycles. The standard InChI is InChI=1S/C16H16O4/c1-10-8-11(5-7-14(10)19-2)13-6-4-12(16(17)18)9-15(13)20-3/h4-9H,1-3H3,(H,17,18). The van der Waals surface area contributed by atoms with Gasteiger partial charge in [0, 0.05) is 5.56 Å². The van der Waals surface area contributed by atoms with Crippen molar-refractivity contribution >= 4 is 5.97 Å². The normalized spacial score (nSPS) is 10.2. The van der Waals surface area contributed by atoms with E-state index in [9.17, 15) is 4.79 Å². The van der Waals surface area contributed by atoms with Crippen LogP contribution in [-0.2, 0) is 0 Å². The van der Waals surface area contributed by atoms with Crippen molar-refractivity contribution in [1.29, 1.82) is 0 Å². The molecule has 0 spiro atoms. The van der Waals surface area contributed by atoms with E-state index in [-0.39, 0.29) is 5.56 Å². The average molecular weight is 272 g/mol. The molecule has 2 aromatic rings. The molecule has 4 heteroatoms. The minimum absolute atomic E-state index is 0.204. The van der Waals surface area contributed by atoms with Gasteiger partial charge in [0.1, 0.15) is 11.5 Å². The van der Waals surface area contributed by atoms with Gasteiger partial charge in [-0.25, -0.2) is 4.79 Å². The van der Waals surface area contributed by atoms with Crippen LogP contribution in [0.25, 0.3) is 11.1 Å². The number of carboxylic acid groups (broad SMARTS) is 1. The molecule has 0 bridgehead atoms. The fourth-order valence-corrected chi connectivity index (χ4v) is 2.11. The lowest BCUT2D eigenvalue weighted by molar-refractivity contribution is 0.0696. The van der Waals surface area contributed by atoms with Crippen molar-refractivity contribution in [3.05, 3.63) is 47.5 Å². The number of hydrogen-bond donors (Lipinski definition) is 1. The van der Waals surface area contributed by atoms with Gasteiger partial charge in [0.15, 0.2) is 0 Å². The summed E-state index contributed by atoms with van der Waals surface area (Å²) in [4.78, 5) is 11.0. The highest BCUT2D eigenvalue weighted by Gasteiger charge is 2.11. The van der Waals surface area contributed by atoms with E-state index in [0.29, 0.717) is 5.75 Å². The molecule has 0 aliphatic rings. The van der Waals surface area contributed by atoms with Crippen molar-refractivity contribution in [1.82, 2.24) is 0 Å². The molecule has 0 fully saturated rings. The number of hydrogen-bond acceptors (Lipinski definition) is 3. The Hall–Kier alpha value is -2.49. The van der Waals surface area contributed by atoms with Gasteiger partial charge in [-0.1, -0.05) is 6.07 Å². The number of methoxy groups -OCH3 is 2. The summed E-state index contributed by atoms with van der Waals surface area (Å²) in [5.41, 5.74) is 3.02. The zero-order valence-electron chi connectivity index (χ0n) is 11.6. The Morgan fingerprint density at radius 2 is 1.70 bits per heavy atom. The molecule has 0 aliphatic carbocycles. The highest BCUT2D eigenvalue weighted by Crippen LogP contribution is 2.33. The van der Waals surface area contributed by atoms with Gasteiger partial charge >= 0.3 is 5.97 Å². The first kappa shape index (κ1) is 13.9. The lowest BCUT2D eigenvalue weighted by Crippen LogP contribution is -1.98. The van der Waals surface area contributed by atoms with Crippen LogP contribution in [0.15, 0.2) is 36.4 Å². The van der Waals surface area contributed by atoms with Gasteiger partial charge in [0.25, 0.3) is 0 Å². The van der Waals surface area contributed by atoms with Crippen LogP contribution in [-0.4, -0.2) is 25.3 Å². The molecule has 0 unspecified atom stereocenters. The number of carboxylic acids is 1. The van der Waals surface area contributed by atoms with E-state index in [1.165, 1.54) is 13.2 Å². The van der Waals surface area contributed by atoms with Crippen LogP contribution in [0.5, 0.6) is 11.5 Å². The van der Waals surface area contributed by atoms with E-state index in [4.69, 9.17) is 14.6 Å². The topological polar surface area (TPSA) is 55.8 Å². The van der Waals surface area contributed by atoms with Gasteiger partial charge in [0.05, 0.1) is 19.8 Å². The minimum atomic E-state index is -0.972. The van der Waals surface area contributed by atoms with Gasteiger partial charge < -0.3 is 14.6 Å². The van der Waals surface area contributed by atoms with Gasteiger partial charge in [-0.3, -0.25) is 0 Å². The fourth-order valence-electron chi connectivity index (χ4n) is 2.11. The molecule has 0 saturated heterocycles. The molecule has 2 rings (SSSR count). The Labute approximate surface area is 117 Å². The maximum atomic E-state index is 11.0. The predicted octanol–water partition coefficient (Wildman–Crippen LogP) is 3.38. The Morgan fingerprint density at radius 1 is 1.00 bits per heavy atom. The molecule has 0 radical (unpaired) electrons. The zero-order chi connectivity index (χ0) is 14.7. The molecule has 20 heavy (non-hydrogen) atoms. The van der Waals surface area contributed by atoms with Gasteiger partial charge in [-0.05, 0) is 48.4 Å². The first-order valence-corrected chi connectivity index (χ1v) is 6.13. The second kappa shape index (κ2) is 5.65. The maximum absolute atomic E-state index is 11.0. The summed E-state index contributed by atoms with van der Waals surface area (Å²) in [5, 5.41) is 9.01. The highest BCUT2D eigenvalue weighted by atomic mass is 16.5. The van der Waals surface area contributed by atoms with Crippen LogP contribution >= 0.6 is 0 Å². The van der Waals surface area contributed by atoms with Crippen molar-refractivity contribution in [2.75, 3.05) is 14.2 Å². The number of benzene rings is 2. The quantitative estimate of drug-likeness (QED) is 0.927. The van der Waals surface area contributed by atoms with E-state index >= 15 is 0 Å². The van der Waals surface area contributed by atoms with Crippen LogP contribution in [0.3, 0.4) is 0 Å². The van der Waals surface area contributed by atoms with Gasteiger partial charge in [-0.2, -0.15) is 0 Å². The molecule has 1 N–H and O–H groups in total. The number of carbonyl (C=O) groups is 1. The summed E-state index contributed by atoms with van der Waals surface area (Å²) in [7, 11) is 3.16. The van der Waals surface area contributed by atoms with Crippen LogP contribution in [0.2, 0.25) is 0 Å². The van der Waals surface area contributed by atoms with Crippen molar-refractivity contribution in [3.8, 4) is 22.6 Å². The lowest BCUT2D eigenvalue weighted by Gasteiger charge is -2.12. The molecular weight excluding hydrogens is 256 g/mol. The molecule has 0 heterocycles. The van der Waals surface area contributed by atoms with Crippen molar-refractivity contribution in [2.45, 2.75) is 6.92 Å². The van der Waals surface area contributed by atoms with E-state index < -0.39 is 5.97 Å². The monoisotopic (exact) mass is 272 g/mol. The predicted molar refractivity (Wildman–Crippen MR) is 76.7 cm³/mol. The lowest BCUT2D eigenvalue weighted by atomic mass is 10.0. The first-order chi connectivity index (χ1) is 9.56. The number of aryl methyl sites for hydroxylation is 1. The van der Waals surface area contributed by atoms with E-state index in [1.807, 2.05) is 25.1 Å². The van der Waals surface area contributed by atoms with Crippen molar-refractivity contribution in [2.24, 2.45) is 0 Å². The summed E-state index contributed by atoms with van der Waals surface area (Å²) < 4.78 is 10.5. The average Bonchev–Trinajstić information content (AvgIpc) is 2.46. The number of aromatic carboxylic acids is 1. The summed E-state index contributed by atoms with van der Waals surface area (Å²) in [6.45, 7) is 1.96. The molecule has 2 aromatic carbocycles. The van der Waals surface area contributed by atoms with Crippen LogP contribution < -0.4 is 9.47 Å². The molecule has 0 aliphatic heterocycles. The van der Waals surface area contributed by atoms with Gasteiger partial charge in [0.2, 0.25) is 0 Å². The van der Waals surface area contributed by atoms with E-state index in [0.717, 1.165) is 22.4 Å². The summed E-state index contributed by atoms with van der Waals surface area (Å²) in [6.07, 6.45) is 0. The van der Waals surface area contributed by atoms with Crippen LogP contribution in [0.4, 0.5) is 0 Å². The Bertz CT molecular complexity index is 647. The molecule has 0 amide bonds. The molecule has 104 valence electrons. The number of ether oxygens (including phenoxy) is 2. The van der Waals surface area contributed by atoms with Crippen molar-refractivity contribution < 1.29 is 19.4 Å². The van der Waals surface area contributed by atoms with Crippen LogP contribution in [0, 0.1) is 6.92 Å². The summed E-state index contributed by atoms with van der Waals surface area (Å²) in [6, 6.07) is 10.6. The molecular formula is C16H16O4. The van der Waals surface area contributed by atoms with E-state index in [1.54, 1.807) is 19.2 Å². The van der Waals surface area contributed by atoms with Crippen molar-refractivity contribution in [3.63, 3.8) is 0 Å². The Kier molecular flexibility index (Phi) is 3.94. The third-order valence-electron chi connectivity index (χ3n) is 3.15. The Morgan fingerprint density at radius 3 is 2.25 bits per heavy atom. The first-order valence-electron chi connectivity index (χ1n) is 6.13. The highest BCUT2D eigenvalue weighted by molar-refractivity contribution is 5.89. The third-order valence-corrected chi connectivity index (χ3v) is 3.15. The second-order valence-electron chi connectivity index (χ2n) is 4.40. The number of rotatable bonds is 4. The molecule has 0 saturated carbocycles. The largest absolute Gasteiger partial charge is 0.496 e. The summed E-state index contributed by atoms with van der Waals surface area (Å²) in [5.74, 6) is 0.380. The molecule has 0 atom stereocenters. The fraction of sp³-hybridized carbons (Fsp3) is 0.188. The molecule has 4 nitrogen and oxygen atoms in total. The maximum Gasteiger partial charge on any atom is 0.335 e. The smallest absolute Gasteiger partial charge is 0.335 e. The SMILES string of the molecule is COc1ccc(-c2ccc(C(=O)O)cc2OC)cc1C. The summed E-state index contributed by atoms with van der Waals surface area (Å²) >= 11 is 0. The van der Waals surface area contributed by atoms with Crippen LogP contribution in [0.1, 0.15) is 15.9 Å².